The Hall–Kier alpha value is -4.46. The molecule has 1 aromatic heterocycles. The van der Waals surface area contributed by atoms with E-state index in [1.807, 2.05) is 30.3 Å². The molecule has 1 aliphatic heterocycles. The summed E-state index contributed by atoms with van der Waals surface area (Å²) in [7, 11) is 3.23. The molecule has 0 saturated carbocycles. The highest BCUT2D eigenvalue weighted by Gasteiger charge is 2.27. The minimum Gasteiger partial charge on any atom is -0.497 e. The highest BCUT2D eigenvalue weighted by molar-refractivity contribution is 6.13. The molecule has 0 aliphatic carbocycles. The van der Waals surface area contributed by atoms with Gasteiger partial charge >= 0.3 is 0 Å². The van der Waals surface area contributed by atoms with Crippen molar-refractivity contribution in [2.45, 2.75) is 25.7 Å². The van der Waals surface area contributed by atoms with Gasteiger partial charge in [-0.2, -0.15) is 0 Å². The molecule has 4 N–H and O–H groups in total. The summed E-state index contributed by atoms with van der Waals surface area (Å²) >= 11 is 0. The SMILES string of the molecule is COc1cc(CCNC(=O)c2c(N3CCC(Cc4ccccc4)CC3)[nH]c3ccc(C(N)=O)cc23)cc(OC)c1. The number of primary amides is 1. The van der Waals surface area contributed by atoms with Crippen LogP contribution in [0.2, 0.25) is 0 Å². The minimum absolute atomic E-state index is 0.191. The lowest BCUT2D eigenvalue weighted by atomic mass is 9.90. The van der Waals surface area contributed by atoms with Crippen LogP contribution in [0.25, 0.3) is 10.9 Å². The zero-order chi connectivity index (χ0) is 28.1. The number of hydrogen-bond donors (Lipinski definition) is 3. The fraction of sp³-hybridized carbons (Fsp3) is 0.312. The summed E-state index contributed by atoms with van der Waals surface area (Å²) in [4.78, 5) is 31.3. The van der Waals surface area contributed by atoms with Crippen molar-refractivity contribution in [2.24, 2.45) is 11.7 Å². The lowest BCUT2D eigenvalue weighted by Crippen LogP contribution is -2.36. The van der Waals surface area contributed by atoms with Crippen LogP contribution in [0.3, 0.4) is 0 Å². The maximum atomic E-state index is 13.7. The van der Waals surface area contributed by atoms with Crippen molar-refractivity contribution in [3.05, 3.63) is 89.0 Å². The largest absolute Gasteiger partial charge is 0.497 e. The first kappa shape index (κ1) is 27.1. The van der Waals surface area contributed by atoms with E-state index in [0.29, 0.717) is 46.9 Å². The first-order valence-corrected chi connectivity index (χ1v) is 13.7. The number of benzene rings is 3. The molecular formula is C32H36N4O4. The number of methoxy groups -OCH3 is 2. The van der Waals surface area contributed by atoms with E-state index in [0.717, 1.165) is 49.2 Å². The van der Waals surface area contributed by atoms with Crippen LogP contribution in [0.5, 0.6) is 11.5 Å². The van der Waals surface area contributed by atoms with Gasteiger partial charge in [-0.25, -0.2) is 0 Å². The molecule has 8 heteroatoms. The Bertz CT molecular complexity index is 1470. The van der Waals surface area contributed by atoms with Crippen LogP contribution >= 0.6 is 0 Å². The predicted octanol–water partition coefficient (Wildman–Crippen LogP) is 4.72. The van der Waals surface area contributed by atoms with E-state index in [9.17, 15) is 9.59 Å². The standard InChI is InChI=1S/C32H36N4O4/c1-39-25-17-23(18-26(20-25)40-2)10-13-34-32(38)29-27-19-24(30(33)37)8-9-28(27)35-31(29)36-14-11-22(12-15-36)16-21-6-4-3-5-7-21/h3-9,17-20,22,35H,10-16H2,1-2H3,(H2,33,37)(H,34,38). The summed E-state index contributed by atoms with van der Waals surface area (Å²) in [5.41, 5.74) is 9.64. The molecule has 1 fully saturated rings. The lowest BCUT2D eigenvalue weighted by molar-refractivity contribution is 0.0954. The summed E-state index contributed by atoms with van der Waals surface area (Å²) < 4.78 is 10.7. The van der Waals surface area contributed by atoms with Crippen LogP contribution in [0.4, 0.5) is 5.82 Å². The van der Waals surface area contributed by atoms with Crippen molar-refractivity contribution >= 4 is 28.5 Å². The number of hydrogen-bond acceptors (Lipinski definition) is 5. The molecule has 0 bridgehead atoms. The molecule has 0 radical (unpaired) electrons. The average molecular weight is 541 g/mol. The van der Waals surface area contributed by atoms with Gasteiger partial charge in [0, 0.05) is 42.2 Å². The van der Waals surface area contributed by atoms with Gasteiger partial charge in [0.2, 0.25) is 5.91 Å². The molecule has 1 aliphatic rings. The highest BCUT2D eigenvalue weighted by Crippen LogP contribution is 2.33. The average Bonchev–Trinajstić information content (AvgIpc) is 3.36. The first-order valence-electron chi connectivity index (χ1n) is 13.7. The molecule has 0 spiro atoms. The number of H-pyrrole nitrogens is 1. The number of nitrogens with two attached hydrogens (primary N) is 1. The quantitative estimate of drug-likeness (QED) is 0.270. The number of anilines is 1. The van der Waals surface area contributed by atoms with E-state index >= 15 is 0 Å². The molecule has 1 saturated heterocycles. The third kappa shape index (κ3) is 6.06. The minimum atomic E-state index is -0.523. The van der Waals surface area contributed by atoms with Crippen LogP contribution in [0, 0.1) is 5.92 Å². The Labute approximate surface area is 234 Å². The number of nitrogens with zero attached hydrogens (tertiary/aromatic N) is 1. The molecule has 2 amide bonds. The molecule has 4 aromatic rings. The molecule has 3 aromatic carbocycles. The van der Waals surface area contributed by atoms with Gasteiger partial charge in [0.25, 0.3) is 5.91 Å². The predicted molar refractivity (Wildman–Crippen MR) is 157 cm³/mol. The second-order valence-electron chi connectivity index (χ2n) is 10.3. The van der Waals surface area contributed by atoms with Crippen molar-refractivity contribution in [2.75, 3.05) is 38.8 Å². The van der Waals surface area contributed by atoms with Crippen molar-refractivity contribution < 1.29 is 19.1 Å². The van der Waals surface area contributed by atoms with Gasteiger partial charge in [0.1, 0.15) is 17.3 Å². The van der Waals surface area contributed by atoms with Gasteiger partial charge in [-0.15, -0.1) is 0 Å². The smallest absolute Gasteiger partial charge is 0.255 e. The van der Waals surface area contributed by atoms with Gasteiger partial charge in [-0.05, 0) is 73.1 Å². The normalized spacial score (nSPS) is 13.8. The van der Waals surface area contributed by atoms with Crippen LogP contribution < -0.4 is 25.4 Å². The van der Waals surface area contributed by atoms with Gasteiger partial charge in [-0.3, -0.25) is 9.59 Å². The van der Waals surface area contributed by atoms with Crippen LogP contribution in [-0.2, 0) is 12.8 Å². The molecule has 0 atom stereocenters. The van der Waals surface area contributed by atoms with Gasteiger partial charge < -0.3 is 30.4 Å². The summed E-state index contributed by atoms with van der Waals surface area (Å²) in [6.45, 7) is 2.11. The van der Waals surface area contributed by atoms with E-state index in [2.05, 4.69) is 39.5 Å². The summed E-state index contributed by atoms with van der Waals surface area (Å²) in [5.74, 6) is 2.08. The van der Waals surface area contributed by atoms with Crippen molar-refractivity contribution in [3.8, 4) is 11.5 Å². The van der Waals surface area contributed by atoms with E-state index in [1.165, 1.54) is 5.56 Å². The third-order valence-corrected chi connectivity index (χ3v) is 7.70. The number of nitrogens with one attached hydrogen (secondary N) is 2. The van der Waals surface area contributed by atoms with Gasteiger partial charge in [0.05, 0.1) is 19.8 Å². The molecule has 2 heterocycles. The van der Waals surface area contributed by atoms with Crippen molar-refractivity contribution in [1.29, 1.82) is 0 Å². The van der Waals surface area contributed by atoms with E-state index < -0.39 is 5.91 Å². The van der Waals surface area contributed by atoms with Gasteiger partial charge in [0.15, 0.2) is 0 Å². The number of rotatable bonds is 10. The molecule has 5 rings (SSSR count). The zero-order valence-electron chi connectivity index (χ0n) is 23.0. The molecule has 208 valence electrons. The number of carbonyl (C=O) groups excluding carboxylic acids is 2. The number of ether oxygens (including phenoxy) is 2. The fourth-order valence-electron chi connectivity index (χ4n) is 5.53. The van der Waals surface area contributed by atoms with E-state index in [1.54, 1.807) is 26.4 Å². The van der Waals surface area contributed by atoms with Crippen LogP contribution in [0.15, 0.2) is 66.7 Å². The Morgan fingerprint density at radius 3 is 2.30 bits per heavy atom. The third-order valence-electron chi connectivity index (χ3n) is 7.70. The maximum Gasteiger partial charge on any atom is 0.255 e. The Morgan fingerprint density at radius 2 is 1.65 bits per heavy atom. The monoisotopic (exact) mass is 540 g/mol. The number of aromatic nitrogens is 1. The highest BCUT2D eigenvalue weighted by atomic mass is 16.5. The Balaban J connectivity index is 1.35. The Kier molecular flexibility index (Phi) is 8.24. The number of amides is 2. The molecule has 40 heavy (non-hydrogen) atoms. The molecule has 0 unspecified atom stereocenters. The van der Waals surface area contributed by atoms with Crippen LogP contribution in [-0.4, -0.2) is 50.7 Å². The van der Waals surface area contributed by atoms with E-state index in [4.69, 9.17) is 15.2 Å². The summed E-state index contributed by atoms with van der Waals surface area (Å²) in [5, 5.41) is 3.78. The number of fused-ring (bicyclic) bond motifs is 1. The number of carbonyl (C=O) groups is 2. The van der Waals surface area contributed by atoms with Crippen LogP contribution in [0.1, 0.15) is 44.7 Å². The number of aromatic amines is 1. The van der Waals surface area contributed by atoms with Gasteiger partial charge in [-0.1, -0.05) is 30.3 Å². The van der Waals surface area contributed by atoms with E-state index in [-0.39, 0.29) is 5.91 Å². The summed E-state index contributed by atoms with van der Waals surface area (Å²) in [6.07, 6.45) is 3.74. The molecule has 8 nitrogen and oxygen atoms in total. The first-order chi connectivity index (χ1) is 19.4. The zero-order valence-corrected chi connectivity index (χ0v) is 23.0. The van der Waals surface area contributed by atoms with Crippen molar-refractivity contribution in [1.82, 2.24) is 10.3 Å². The second-order valence-corrected chi connectivity index (χ2v) is 10.3. The maximum absolute atomic E-state index is 13.7. The Morgan fingerprint density at radius 1 is 0.950 bits per heavy atom. The lowest BCUT2D eigenvalue weighted by Gasteiger charge is -2.33. The molecular weight excluding hydrogens is 504 g/mol. The second kappa shape index (κ2) is 12.2. The van der Waals surface area contributed by atoms with Crippen molar-refractivity contribution in [3.63, 3.8) is 0 Å². The summed E-state index contributed by atoms with van der Waals surface area (Å²) in [6, 6.07) is 21.5. The fourth-order valence-corrected chi connectivity index (χ4v) is 5.53. The topological polar surface area (TPSA) is 110 Å². The number of piperidine rings is 1.